The van der Waals surface area contributed by atoms with Crippen molar-refractivity contribution in [1.82, 2.24) is 9.80 Å². The Bertz CT molecular complexity index is 211. The van der Waals surface area contributed by atoms with E-state index in [0.29, 0.717) is 12.6 Å². The maximum atomic E-state index is 10.8. The third kappa shape index (κ3) is 3.77. The molecule has 0 saturated carbocycles. The van der Waals surface area contributed by atoms with Crippen molar-refractivity contribution in [3.63, 3.8) is 0 Å². The zero-order valence-corrected chi connectivity index (χ0v) is 9.65. The van der Waals surface area contributed by atoms with Crippen LogP contribution in [0, 0.1) is 0 Å². The summed E-state index contributed by atoms with van der Waals surface area (Å²) in [5.41, 5.74) is 10.7. The van der Waals surface area contributed by atoms with Crippen LogP contribution >= 0.6 is 0 Å². The molecule has 0 bridgehead atoms. The van der Waals surface area contributed by atoms with E-state index in [9.17, 15) is 4.79 Å². The molecule has 0 aliphatic carbocycles. The number of carbonyl (C=O) groups excluding carboxylic acids is 1. The quantitative estimate of drug-likeness (QED) is 0.618. The molecule has 1 unspecified atom stereocenters. The van der Waals surface area contributed by atoms with E-state index in [2.05, 4.69) is 23.9 Å². The monoisotopic (exact) mass is 214 g/mol. The molecule has 0 spiro atoms. The molecule has 1 aliphatic heterocycles. The second-order valence-corrected chi connectivity index (χ2v) is 4.50. The zero-order chi connectivity index (χ0) is 11.4. The third-order valence-corrected chi connectivity index (χ3v) is 3.11. The Kier molecular flexibility index (Phi) is 4.50. The molecule has 88 valence electrons. The van der Waals surface area contributed by atoms with E-state index in [0.717, 1.165) is 25.9 Å². The molecule has 0 aromatic rings. The number of carbonyl (C=O) groups is 1. The maximum Gasteiger partial charge on any atom is 0.235 e. The number of hydrogen-bond acceptors (Lipinski definition) is 4. The van der Waals surface area contributed by atoms with Gasteiger partial charge in [-0.25, -0.2) is 0 Å². The highest BCUT2D eigenvalue weighted by Gasteiger charge is 2.22. The highest BCUT2D eigenvalue weighted by molar-refractivity contribution is 5.79. The first kappa shape index (κ1) is 12.4. The zero-order valence-electron chi connectivity index (χ0n) is 9.65. The second-order valence-electron chi connectivity index (χ2n) is 4.50. The summed E-state index contributed by atoms with van der Waals surface area (Å²) in [6, 6.07) is 0.131. The Hall–Kier alpha value is -0.650. The minimum Gasteiger partial charge on any atom is -0.368 e. The van der Waals surface area contributed by atoms with E-state index >= 15 is 0 Å². The second kappa shape index (κ2) is 5.44. The van der Waals surface area contributed by atoms with Gasteiger partial charge in [-0.3, -0.25) is 4.79 Å². The van der Waals surface area contributed by atoms with Gasteiger partial charge < -0.3 is 21.3 Å². The van der Waals surface area contributed by atoms with Crippen LogP contribution in [0.5, 0.6) is 0 Å². The first-order chi connectivity index (χ1) is 7.00. The lowest BCUT2D eigenvalue weighted by molar-refractivity contribution is -0.119. The van der Waals surface area contributed by atoms with Crippen molar-refractivity contribution >= 4 is 5.91 Å². The molecule has 1 fully saturated rings. The van der Waals surface area contributed by atoms with E-state index < -0.39 is 11.9 Å². The molecule has 1 atom stereocenters. The molecule has 1 amide bonds. The first-order valence-electron chi connectivity index (χ1n) is 5.44. The summed E-state index contributed by atoms with van der Waals surface area (Å²) in [7, 11) is 4.21. The van der Waals surface area contributed by atoms with Crippen LogP contribution in [-0.4, -0.2) is 61.5 Å². The molecule has 0 aromatic carbocycles. The smallest absolute Gasteiger partial charge is 0.235 e. The number of nitrogens with zero attached hydrogens (tertiary/aromatic N) is 2. The Balaban J connectivity index is 2.28. The van der Waals surface area contributed by atoms with E-state index in [1.54, 1.807) is 0 Å². The normalized spacial score (nSPS) is 21.9. The fourth-order valence-corrected chi connectivity index (χ4v) is 1.99. The fourth-order valence-electron chi connectivity index (χ4n) is 1.99. The molecule has 1 saturated heterocycles. The first-order valence-corrected chi connectivity index (χ1v) is 5.44. The summed E-state index contributed by atoms with van der Waals surface area (Å²) in [6.45, 7) is 2.60. The number of piperidine rings is 1. The van der Waals surface area contributed by atoms with Crippen LogP contribution in [0.4, 0.5) is 0 Å². The molecule has 5 heteroatoms. The van der Waals surface area contributed by atoms with Gasteiger partial charge in [-0.05, 0) is 40.0 Å². The van der Waals surface area contributed by atoms with Gasteiger partial charge in [-0.15, -0.1) is 0 Å². The van der Waals surface area contributed by atoms with Crippen molar-refractivity contribution in [3.8, 4) is 0 Å². The van der Waals surface area contributed by atoms with Gasteiger partial charge in [-0.2, -0.15) is 0 Å². The van der Waals surface area contributed by atoms with Crippen LogP contribution in [0.3, 0.4) is 0 Å². The Morgan fingerprint density at radius 1 is 1.47 bits per heavy atom. The molecule has 1 rings (SSSR count). The predicted octanol–water partition coefficient (Wildman–Crippen LogP) is -1.17. The number of likely N-dealkylation sites (tertiary alicyclic amines) is 1. The highest BCUT2D eigenvalue weighted by Crippen LogP contribution is 2.13. The summed E-state index contributed by atoms with van der Waals surface area (Å²) >= 11 is 0. The summed E-state index contributed by atoms with van der Waals surface area (Å²) in [5, 5.41) is 0. The Labute approximate surface area is 91.4 Å². The van der Waals surface area contributed by atoms with E-state index in [4.69, 9.17) is 11.5 Å². The van der Waals surface area contributed by atoms with Gasteiger partial charge in [0.15, 0.2) is 0 Å². The summed E-state index contributed by atoms with van der Waals surface area (Å²) in [4.78, 5) is 15.3. The number of rotatable bonds is 4. The van der Waals surface area contributed by atoms with E-state index in [1.807, 2.05) is 0 Å². The topological polar surface area (TPSA) is 75.6 Å². The minimum atomic E-state index is -0.527. The van der Waals surface area contributed by atoms with E-state index in [-0.39, 0.29) is 0 Å². The van der Waals surface area contributed by atoms with Crippen molar-refractivity contribution in [2.75, 3.05) is 33.7 Å². The van der Waals surface area contributed by atoms with Gasteiger partial charge >= 0.3 is 0 Å². The van der Waals surface area contributed by atoms with Gasteiger partial charge in [0.1, 0.15) is 0 Å². The molecule has 4 N–H and O–H groups in total. The minimum absolute atomic E-state index is 0.412. The molecule has 1 heterocycles. The number of nitrogens with two attached hydrogens (primary N) is 2. The average molecular weight is 214 g/mol. The van der Waals surface area contributed by atoms with Crippen LogP contribution in [0.15, 0.2) is 0 Å². The Morgan fingerprint density at radius 2 is 2.00 bits per heavy atom. The fraction of sp³-hybridized carbons (Fsp3) is 0.900. The summed E-state index contributed by atoms with van der Waals surface area (Å²) in [6.07, 6.45) is 2.27. The average Bonchev–Trinajstić information content (AvgIpc) is 2.18. The van der Waals surface area contributed by atoms with E-state index in [1.165, 1.54) is 0 Å². The van der Waals surface area contributed by atoms with Crippen LogP contribution in [0.1, 0.15) is 12.8 Å². The molecular weight excluding hydrogens is 192 g/mol. The van der Waals surface area contributed by atoms with Gasteiger partial charge in [0.2, 0.25) is 5.91 Å². The predicted molar refractivity (Wildman–Crippen MR) is 60.3 cm³/mol. The van der Waals surface area contributed by atoms with Crippen LogP contribution in [0.25, 0.3) is 0 Å². The van der Waals surface area contributed by atoms with Crippen molar-refractivity contribution in [1.29, 1.82) is 0 Å². The SMILES string of the molecule is CN(C)C1CCN(CC(N)C(N)=O)CC1. The largest absolute Gasteiger partial charge is 0.368 e. The molecule has 0 aromatic heterocycles. The summed E-state index contributed by atoms with van der Waals surface area (Å²) in [5.74, 6) is -0.412. The maximum absolute atomic E-state index is 10.8. The van der Waals surface area contributed by atoms with Crippen molar-refractivity contribution in [3.05, 3.63) is 0 Å². The van der Waals surface area contributed by atoms with Gasteiger partial charge in [0.25, 0.3) is 0 Å². The van der Waals surface area contributed by atoms with Gasteiger partial charge in [0.05, 0.1) is 6.04 Å². The van der Waals surface area contributed by atoms with Crippen LogP contribution in [0.2, 0.25) is 0 Å². The summed E-state index contributed by atoms with van der Waals surface area (Å²) < 4.78 is 0. The molecule has 15 heavy (non-hydrogen) atoms. The van der Waals surface area contributed by atoms with Crippen molar-refractivity contribution in [2.45, 2.75) is 24.9 Å². The van der Waals surface area contributed by atoms with Crippen LogP contribution < -0.4 is 11.5 Å². The molecule has 5 nitrogen and oxygen atoms in total. The van der Waals surface area contributed by atoms with Crippen molar-refractivity contribution < 1.29 is 4.79 Å². The van der Waals surface area contributed by atoms with Crippen molar-refractivity contribution in [2.24, 2.45) is 11.5 Å². The lowest BCUT2D eigenvalue weighted by atomic mass is 10.0. The number of hydrogen-bond donors (Lipinski definition) is 2. The van der Waals surface area contributed by atoms with Gasteiger partial charge in [-0.1, -0.05) is 0 Å². The number of primary amides is 1. The highest BCUT2D eigenvalue weighted by atomic mass is 16.1. The molecular formula is C10H22N4O. The third-order valence-electron chi connectivity index (χ3n) is 3.11. The van der Waals surface area contributed by atoms with Crippen LogP contribution in [-0.2, 0) is 4.79 Å². The molecule has 1 aliphatic rings. The van der Waals surface area contributed by atoms with Gasteiger partial charge in [0, 0.05) is 12.6 Å². The number of amides is 1. The lowest BCUT2D eigenvalue weighted by Crippen LogP contribution is -2.50. The molecule has 0 radical (unpaired) electrons. The lowest BCUT2D eigenvalue weighted by Gasteiger charge is -2.35. The Morgan fingerprint density at radius 3 is 2.40 bits per heavy atom. The standard InChI is InChI=1S/C10H22N4O/c1-13(2)8-3-5-14(6-4-8)7-9(11)10(12)15/h8-9H,3-7,11H2,1-2H3,(H2,12,15).